The van der Waals surface area contributed by atoms with E-state index in [4.69, 9.17) is 5.11 Å². The van der Waals surface area contributed by atoms with Gasteiger partial charge in [0.2, 0.25) is 5.91 Å². The Balaban J connectivity index is 2.70. The number of aliphatic carboxylic acids is 1. The van der Waals surface area contributed by atoms with Crippen LogP contribution in [0.15, 0.2) is 0 Å². The van der Waals surface area contributed by atoms with Crippen LogP contribution in [0.5, 0.6) is 0 Å². The van der Waals surface area contributed by atoms with Gasteiger partial charge in [-0.3, -0.25) is 9.59 Å². The van der Waals surface area contributed by atoms with Crippen molar-refractivity contribution >= 4 is 11.9 Å². The number of rotatable bonds is 3. The lowest BCUT2D eigenvalue weighted by molar-refractivity contribution is -0.151. The van der Waals surface area contributed by atoms with Gasteiger partial charge < -0.3 is 10.0 Å². The van der Waals surface area contributed by atoms with Gasteiger partial charge in [0.05, 0.1) is 0 Å². The molecule has 0 spiro atoms. The van der Waals surface area contributed by atoms with E-state index in [-0.39, 0.29) is 11.9 Å². The van der Waals surface area contributed by atoms with E-state index in [0.717, 1.165) is 12.8 Å². The molecule has 0 aromatic heterocycles. The van der Waals surface area contributed by atoms with Crippen LogP contribution in [0.25, 0.3) is 0 Å². The molecule has 1 fully saturated rings. The molecule has 2 unspecified atom stereocenters. The smallest absolute Gasteiger partial charge is 0.315 e. The molecule has 1 rings (SSSR count). The van der Waals surface area contributed by atoms with Gasteiger partial charge in [-0.05, 0) is 25.7 Å². The van der Waals surface area contributed by atoms with Crippen LogP contribution >= 0.6 is 0 Å². The molecule has 0 aliphatic carbocycles. The fourth-order valence-corrected chi connectivity index (χ4v) is 2.11. The standard InChI is InChI=1S/C11H19NO3/c1-7(2)9-5-4-6-12(9)10(13)8(3)11(14)15/h7-9H,4-6H2,1-3H3,(H,14,15). The lowest BCUT2D eigenvalue weighted by Gasteiger charge is -2.29. The maximum absolute atomic E-state index is 11.8. The number of nitrogens with zero attached hydrogens (tertiary/aromatic N) is 1. The van der Waals surface area contributed by atoms with Gasteiger partial charge in [0.25, 0.3) is 0 Å². The van der Waals surface area contributed by atoms with Crippen LogP contribution in [0.2, 0.25) is 0 Å². The highest BCUT2D eigenvalue weighted by molar-refractivity contribution is 5.96. The van der Waals surface area contributed by atoms with Crippen molar-refractivity contribution in [2.24, 2.45) is 11.8 Å². The molecule has 1 saturated heterocycles. The number of carboxylic acid groups (broad SMARTS) is 1. The molecule has 0 aromatic rings. The molecule has 0 bridgehead atoms. The first-order valence-corrected chi connectivity index (χ1v) is 5.48. The van der Waals surface area contributed by atoms with Crippen molar-refractivity contribution in [3.05, 3.63) is 0 Å². The normalized spacial score (nSPS) is 23.2. The highest BCUT2D eigenvalue weighted by atomic mass is 16.4. The first-order valence-electron chi connectivity index (χ1n) is 5.48. The molecule has 4 nitrogen and oxygen atoms in total. The third kappa shape index (κ3) is 2.49. The van der Waals surface area contributed by atoms with E-state index >= 15 is 0 Å². The van der Waals surface area contributed by atoms with E-state index in [2.05, 4.69) is 13.8 Å². The molecular weight excluding hydrogens is 194 g/mol. The summed E-state index contributed by atoms with van der Waals surface area (Å²) in [6.45, 7) is 6.31. The van der Waals surface area contributed by atoms with Gasteiger partial charge in [-0.15, -0.1) is 0 Å². The number of likely N-dealkylation sites (tertiary alicyclic amines) is 1. The first-order chi connectivity index (χ1) is 6.95. The third-order valence-corrected chi connectivity index (χ3v) is 3.09. The molecule has 15 heavy (non-hydrogen) atoms. The lowest BCUT2D eigenvalue weighted by Crippen LogP contribution is -2.43. The van der Waals surface area contributed by atoms with Crippen LogP contribution in [0.3, 0.4) is 0 Å². The van der Waals surface area contributed by atoms with Gasteiger partial charge in [0.15, 0.2) is 0 Å². The molecule has 1 aliphatic rings. The zero-order valence-corrected chi connectivity index (χ0v) is 9.56. The van der Waals surface area contributed by atoms with Gasteiger partial charge in [0, 0.05) is 12.6 Å². The van der Waals surface area contributed by atoms with Crippen LogP contribution in [-0.2, 0) is 9.59 Å². The SMILES string of the molecule is CC(C(=O)O)C(=O)N1CCCC1C(C)C. The van der Waals surface area contributed by atoms with Gasteiger partial charge in [0.1, 0.15) is 5.92 Å². The van der Waals surface area contributed by atoms with Crippen LogP contribution < -0.4 is 0 Å². The number of carbonyl (C=O) groups is 2. The molecule has 1 amide bonds. The van der Waals surface area contributed by atoms with E-state index in [0.29, 0.717) is 12.5 Å². The summed E-state index contributed by atoms with van der Waals surface area (Å²) in [5.41, 5.74) is 0. The molecule has 0 saturated carbocycles. The molecule has 2 atom stereocenters. The van der Waals surface area contributed by atoms with Crippen molar-refractivity contribution in [2.45, 2.75) is 39.7 Å². The van der Waals surface area contributed by atoms with Crippen molar-refractivity contribution in [1.29, 1.82) is 0 Å². The Morgan fingerprint density at radius 2 is 1.93 bits per heavy atom. The fraction of sp³-hybridized carbons (Fsp3) is 0.818. The van der Waals surface area contributed by atoms with Gasteiger partial charge >= 0.3 is 5.97 Å². The summed E-state index contributed by atoms with van der Waals surface area (Å²) < 4.78 is 0. The second kappa shape index (κ2) is 4.64. The highest BCUT2D eigenvalue weighted by Gasteiger charge is 2.35. The van der Waals surface area contributed by atoms with E-state index < -0.39 is 11.9 Å². The predicted octanol–water partition coefficient (Wildman–Crippen LogP) is 1.35. The van der Waals surface area contributed by atoms with Crippen molar-refractivity contribution in [1.82, 2.24) is 4.90 Å². The number of carbonyl (C=O) groups excluding carboxylic acids is 1. The highest BCUT2D eigenvalue weighted by Crippen LogP contribution is 2.25. The maximum atomic E-state index is 11.8. The average Bonchev–Trinajstić information content (AvgIpc) is 2.63. The number of hydrogen-bond donors (Lipinski definition) is 1. The summed E-state index contributed by atoms with van der Waals surface area (Å²) in [4.78, 5) is 24.3. The molecule has 1 heterocycles. The fourth-order valence-electron chi connectivity index (χ4n) is 2.11. The Kier molecular flexibility index (Phi) is 3.72. The van der Waals surface area contributed by atoms with Gasteiger partial charge in [-0.1, -0.05) is 13.8 Å². The Hall–Kier alpha value is -1.06. The summed E-state index contributed by atoms with van der Waals surface area (Å²) in [7, 11) is 0. The van der Waals surface area contributed by atoms with Crippen LogP contribution in [0.1, 0.15) is 33.6 Å². The molecule has 0 aromatic carbocycles. The van der Waals surface area contributed by atoms with Crippen LogP contribution in [-0.4, -0.2) is 34.5 Å². The zero-order chi connectivity index (χ0) is 11.6. The Bertz CT molecular complexity index is 263. The molecule has 1 aliphatic heterocycles. The largest absolute Gasteiger partial charge is 0.481 e. The molecule has 86 valence electrons. The van der Waals surface area contributed by atoms with Crippen molar-refractivity contribution in [3.63, 3.8) is 0 Å². The second-order valence-electron chi connectivity index (χ2n) is 4.55. The summed E-state index contributed by atoms with van der Waals surface area (Å²) in [5, 5.41) is 8.79. The van der Waals surface area contributed by atoms with Gasteiger partial charge in [-0.2, -0.15) is 0 Å². The quantitative estimate of drug-likeness (QED) is 0.720. The topological polar surface area (TPSA) is 57.6 Å². The molecule has 4 heteroatoms. The Morgan fingerprint density at radius 1 is 1.33 bits per heavy atom. The van der Waals surface area contributed by atoms with Crippen molar-refractivity contribution < 1.29 is 14.7 Å². The molecular formula is C11H19NO3. The van der Waals surface area contributed by atoms with E-state index in [1.807, 2.05) is 0 Å². The van der Waals surface area contributed by atoms with Crippen molar-refractivity contribution in [2.75, 3.05) is 6.54 Å². The zero-order valence-electron chi connectivity index (χ0n) is 9.56. The van der Waals surface area contributed by atoms with Crippen molar-refractivity contribution in [3.8, 4) is 0 Å². The van der Waals surface area contributed by atoms with E-state index in [9.17, 15) is 9.59 Å². The molecule has 0 radical (unpaired) electrons. The Labute approximate surface area is 90.3 Å². The minimum atomic E-state index is -1.03. The second-order valence-corrected chi connectivity index (χ2v) is 4.55. The lowest BCUT2D eigenvalue weighted by atomic mass is 10.0. The first kappa shape index (κ1) is 12.0. The minimum absolute atomic E-state index is 0.222. The maximum Gasteiger partial charge on any atom is 0.315 e. The average molecular weight is 213 g/mol. The summed E-state index contributed by atoms with van der Waals surface area (Å²) in [5.74, 6) is -1.78. The number of amides is 1. The van der Waals surface area contributed by atoms with Gasteiger partial charge in [-0.25, -0.2) is 0 Å². The van der Waals surface area contributed by atoms with Crippen LogP contribution in [0.4, 0.5) is 0 Å². The number of carboxylic acids is 1. The van der Waals surface area contributed by atoms with E-state index in [1.54, 1.807) is 4.90 Å². The summed E-state index contributed by atoms with van der Waals surface area (Å²) in [6.07, 6.45) is 1.98. The summed E-state index contributed by atoms with van der Waals surface area (Å²) >= 11 is 0. The molecule has 1 N–H and O–H groups in total. The Morgan fingerprint density at radius 3 is 2.40 bits per heavy atom. The number of hydrogen-bond acceptors (Lipinski definition) is 2. The predicted molar refractivity (Wildman–Crippen MR) is 56.4 cm³/mol. The minimum Gasteiger partial charge on any atom is -0.481 e. The summed E-state index contributed by atoms with van der Waals surface area (Å²) in [6, 6.07) is 0.222. The monoisotopic (exact) mass is 213 g/mol. The van der Waals surface area contributed by atoms with E-state index in [1.165, 1.54) is 6.92 Å². The van der Waals surface area contributed by atoms with Crippen LogP contribution in [0, 0.1) is 11.8 Å². The third-order valence-electron chi connectivity index (χ3n) is 3.09.